The molecular weight excluding hydrogens is 412 g/mol. The van der Waals surface area contributed by atoms with E-state index in [1.807, 2.05) is 19.2 Å². The summed E-state index contributed by atoms with van der Waals surface area (Å²) >= 11 is 1.49. The lowest BCUT2D eigenvalue weighted by Crippen LogP contribution is -2.33. The van der Waals surface area contributed by atoms with Gasteiger partial charge in [-0.1, -0.05) is 0 Å². The van der Waals surface area contributed by atoms with Gasteiger partial charge in [-0.3, -0.25) is 9.59 Å². The van der Waals surface area contributed by atoms with Crippen LogP contribution in [0.3, 0.4) is 0 Å². The van der Waals surface area contributed by atoms with Crippen LogP contribution in [0.25, 0.3) is 5.57 Å². The van der Waals surface area contributed by atoms with Crippen molar-refractivity contribution in [2.75, 3.05) is 11.6 Å². The number of allylic oxidation sites excluding steroid dienone is 2. The second kappa shape index (κ2) is 10.0. The number of hydrogen-bond donors (Lipinski definition) is 3. The molecule has 0 spiro atoms. The summed E-state index contributed by atoms with van der Waals surface area (Å²) in [5, 5.41) is 13.9. The van der Waals surface area contributed by atoms with Crippen molar-refractivity contribution in [1.29, 1.82) is 0 Å². The van der Waals surface area contributed by atoms with Gasteiger partial charge in [-0.2, -0.15) is 5.10 Å². The van der Waals surface area contributed by atoms with Crippen LogP contribution in [0.2, 0.25) is 0 Å². The first-order valence-electron chi connectivity index (χ1n) is 9.98. The number of benzene rings is 1. The molecule has 0 bridgehead atoms. The topological polar surface area (TPSA) is 113 Å². The lowest BCUT2D eigenvalue weighted by molar-refractivity contribution is -0.117. The molecule has 1 aliphatic carbocycles. The SMILES string of the molecule is C=NN(C(/C=C(\C)c1nccs1)=C(\N)C(=O)NC1CC1)c1ccc(C(=O)NCC)cc1. The number of anilines is 1. The van der Waals surface area contributed by atoms with E-state index in [0.717, 1.165) is 23.4 Å². The number of carbonyl (C=O) groups is 2. The van der Waals surface area contributed by atoms with E-state index < -0.39 is 0 Å². The average Bonchev–Trinajstić information content (AvgIpc) is 3.41. The molecule has 0 radical (unpaired) electrons. The Morgan fingerprint density at radius 1 is 1.35 bits per heavy atom. The highest BCUT2D eigenvalue weighted by Gasteiger charge is 2.26. The van der Waals surface area contributed by atoms with Crippen molar-refractivity contribution in [1.82, 2.24) is 15.6 Å². The summed E-state index contributed by atoms with van der Waals surface area (Å²) in [4.78, 5) is 29.1. The van der Waals surface area contributed by atoms with Crippen LogP contribution in [0.5, 0.6) is 0 Å². The molecule has 2 aromatic rings. The monoisotopic (exact) mass is 438 g/mol. The van der Waals surface area contributed by atoms with Crippen molar-refractivity contribution < 1.29 is 9.59 Å². The highest BCUT2D eigenvalue weighted by molar-refractivity contribution is 7.10. The van der Waals surface area contributed by atoms with Gasteiger partial charge in [0.25, 0.3) is 11.8 Å². The molecular formula is C22H26N6O2S. The van der Waals surface area contributed by atoms with Gasteiger partial charge in [-0.15, -0.1) is 11.3 Å². The summed E-state index contributed by atoms with van der Waals surface area (Å²) in [6, 6.07) is 7.01. The summed E-state index contributed by atoms with van der Waals surface area (Å²) in [6.45, 7) is 7.96. The van der Waals surface area contributed by atoms with Crippen molar-refractivity contribution in [3.05, 3.63) is 63.9 Å². The molecule has 1 saturated carbocycles. The Kier molecular flexibility index (Phi) is 7.19. The molecule has 1 aromatic heterocycles. The highest BCUT2D eigenvalue weighted by Crippen LogP contribution is 2.27. The normalized spacial score (nSPS) is 14.5. The first kappa shape index (κ1) is 22.2. The van der Waals surface area contributed by atoms with E-state index in [4.69, 9.17) is 5.73 Å². The van der Waals surface area contributed by atoms with Crippen LogP contribution in [0.4, 0.5) is 5.69 Å². The number of hydrogen-bond acceptors (Lipinski definition) is 7. The lowest BCUT2D eigenvalue weighted by Gasteiger charge is -2.22. The second-order valence-corrected chi connectivity index (χ2v) is 7.97. The lowest BCUT2D eigenvalue weighted by atomic mass is 10.1. The smallest absolute Gasteiger partial charge is 0.269 e. The minimum absolute atomic E-state index is 0.0306. The van der Waals surface area contributed by atoms with E-state index in [2.05, 4.69) is 27.4 Å². The Morgan fingerprint density at radius 3 is 2.61 bits per heavy atom. The Balaban J connectivity index is 1.99. The van der Waals surface area contributed by atoms with Crippen LogP contribution in [0.1, 0.15) is 42.1 Å². The summed E-state index contributed by atoms with van der Waals surface area (Å²) in [5.74, 6) is -0.515. The molecule has 4 N–H and O–H groups in total. The van der Waals surface area contributed by atoms with E-state index in [0.29, 0.717) is 23.5 Å². The molecule has 0 atom stereocenters. The van der Waals surface area contributed by atoms with E-state index >= 15 is 0 Å². The predicted octanol–water partition coefficient (Wildman–Crippen LogP) is 2.87. The van der Waals surface area contributed by atoms with Crippen LogP contribution in [0.15, 0.2) is 58.4 Å². The number of thiazole rings is 1. The number of nitrogens with one attached hydrogen (secondary N) is 2. The Labute approximate surface area is 185 Å². The quantitative estimate of drug-likeness (QED) is 0.241. The Morgan fingerprint density at radius 2 is 2.06 bits per heavy atom. The fourth-order valence-corrected chi connectivity index (χ4v) is 3.48. The molecule has 1 fully saturated rings. The molecule has 1 aromatic carbocycles. The van der Waals surface area contributed by atoms with Gasteiger partial charge in [0.1, 0.15) is 10.7 Å². The van der Waals surface area contributed by atoms with Gasteiger partial charge in [-0.25, -0.2) is 9.99 Å². The first-order chi connectivity index (χ1) is 14.9. The molecule has 9 heteroatoms. The maximum Gasteiger partial charge on any atom is 0.269 e. The number of carbonyl (C=O) groups excluding carboxylic acids is 2. The van der Waals surface area contributed by atoms with Gasteiger partial charge >= 0.3 is 0 Å². The predicted molar refractivity (Wildman–Crippen MR) is 125 cm³/mol. The summed E-state index contributed by atoms with van der Waals surface area (Å²) in [7, 11) is 0. The van der Waals surface area contributed by atoms with E-state index in [1.54, 1.807) is 36.5 Å². The van der Waals surface area contributed by atoms with Crippen molar-refractivity contribution in [3.63, 3.8) is 0 Å². The zero-order chi connectivity index (χ0) is 22.4. The van der Waals surface area contributed by atoms with Crippen molar-refractivity contribution in [2.24, 2.45) is 10.8 Å². The van der Waals surface area contributed by atoms with Crippen molar-refractivity contribution >= 4 is 41.1 Å². The number of amides is 2. The molecule has 0 aliphatic heterocycles. The zero-order valence-electron chi connectivity index (χ0n) is 17.6. The van der Waals surface area contributed by atoms with Gasteiger partial charge in [0.15, 0.2) is 0 Å². The van der Waals surface area contributed by atoms with Gasteiger partial charge in [0, 0.05) is 36.4 Å². The number of nitrogens with two attached hydrogens (primary N) is 1. The first-order valence-corrected chi connectivity index (χ1v) is 10.9. The zero-order valence-corrected chi connectivity index (χ0v) is 18.4. The largest absolute Gasteiger partial charge is 0.393 e. The number of hydrazone groups is 1. The number of nitrogens with zero attached hydrogens (tertiary/aromatic N) is 3. The molecule has 8 nitrogen and oxygen atoms in total. The molecule has 1 aliphatic rings. The number of aromatic nitrogens is 1. The van der Waals surface area contributed by atoms with E-state index in [1.165, 1.54) is 16.3 Å². The fourth-order valence-electron chi connectivity index (χ4n) is 2.86. The molecule has 0 unspecified atom stereocenters. The average molecular weight is 439 g/mol. The van der Waals surface area contributed by atoms with Crippen LogP contribution < -0.4 is 21.4 Å². The third-order valence-corrected chi connectivity index (χ3v) is 5.55. The van der Waals surface area contributed by atoms with Crippen molar-refractivity contribution in [2.45, 2.75) is 32.7 Å². The minimum Gasteiger partial charge on any atom is -0.393 e. The maximum absolute atomic E-state index is 12.7. The summed E-state index contributed by atoms with van der Waals surface area (Å²) in [6.07, 6.45) is 5.39. The van der Waals surface area contributed by atoms with E-state index in [-0.39, 0.29) is 23.6 Å². The number of rotatable bonds is 9. The van der Waals surface area contributed by atoms with Crippen molar-refractivity contribution in [3.8, 4) is 0 Å². The highest BCUT2D eigenvalue weighted by atomic mass is 32.1. The van der Waals surface area contributed by atoms with Crippen LogP contribution in [0, 0.1) is 0 Å². The fraction of sp³-hybridized carbons (Fsp3) is 0.273. The maximum atomic E-state index is 12.7. The molecule has 2 amide bonds. The van der Waals surface area contributed by atoms with Gasteiger partial charge in [0.2, 0.25) is 0 Å². The van der Waals surface area contributed by atoms with Gasteiger partial charge in [0.05, 0.1) is 11.4 Å². The molecule has 0 saturated heterocycles. The molecule has 3 rings (SSSR count). The standard InChI is InChI=1S/C22H26N6O2S/c1-4-25-20(29)15-5-9-17(10-6-15)28(24-3)18(13-14(2)22-26-11-12-31-22)19(23)21(30)27-16-7-8-16/h5-6,9-13,16H,3-4,7-8,23H2,1-2H3,(H,25,29)(H,27,30)/b14-13+,19-18-. The third-order valence-electron chi connectivity index (χ3n) is 4.64. The third kappa shape index (κ3) is 5.58. The molecule has 31 heavy (non-hydrogen) atoms. The molecule has 162 valence electrons. The van der Waals surface area contributed by atoms with Crippen LogP contribution in [-0.4, -0.2) is 36.1 Å². The molecule has 1 heterocycles. The minimum atomic E-state index is -0.353. The second-order valence-electron chi connectivity index (χ2n) is 7.07. The Bertz CT molecular complexity index is 1010. The van der Waals surface area contributed by atoms with Crippen LogP contribution in [-0.2, 0) is 4.79 Å². The van der Waals surface area contributed by atoms with Gasteiger partial charge < -0.3 is 16.4 Å². The summed E-state index contributed by atoms with van der Waals surface area (Å²) in [5.41, 5.74) is 8.66. The summed E-state index contributed by atoms with van der Waals surface area (Å²) < 4.78 is 0. The Hall–Kier alpha value is -3.46. The van der Waals surface area contributed by atoms with E-state index in [9.17, 15) is 9.59 Å². The van der Waals surface area contributed by atoms with Gasteiger partial charge in [-0.05, 0) is 62.6 Å². The van der Waals surface area contributed by atoms with Crippen LogP contribution >= 0.6 is 11.3 Å².